The lowest BCUT2D eigenvalue weighted by molar-refractivity contribution is -0.384. The first-order valence-corrected chi connectivity index (χ1v) is 6.58. The SMILES string of the molecule is O=C(CNC(=O)c1ccco1)NN=Cc1cc([N+](=O)[O-])ccc1O. The van der Waals surface area contributed by atoms with Crippen LogP contribution in [0.15, 0.2) is 46.1 Å². The zero-order chi connectivity index (χ0) is 17.5. The topological polar surface area (TPSA) is 147 Å². The fourth-order valence-electron chi connectivity index (χ4n) is 1.63. The number of non-ortho nitro benzene ring substituents is 1. The molecule has 2 rings (SSSR count). The van der Waals surface area contributed by atoms with E-state index in [0.29, 0.717) is 0 Å². The zero-order valence-electron chi connectivity index (χ0n) is 12.1. The molecule has 0 fully saturated rings. The molecule has 0 aliphatic carbocycles. The second kappa shape index (κ2) is 7.54. The van der Waals surface area contributed by atoms with Gasteiger partial charge in [0.2, 0.25) is 0 Å². The summed E-state index contributed by atoms with van der Waals surface area (Å²) >= 11 is 0. The Morgan fingerprint density at radius 2 is 2.17 bits per heavy atom. The Morgan fingerprint density at radius 1 is 1.38 bits per heavy atom. The number of nitro benzene ring substituents is 1. The van der Waals surface area contributed by atoms with Gasteiger partial charge in [-0.05, 0) is 18.2 Å². The minimum Gasteiger partial charge on any atom is -0.507 e. The predicted octanol–water partition coefficient (Wildman–Crippen LogP) is 0.773. The van der Waals surface area contributed by atoms with Crippen LogP contribution in [-0.2, 0) is 4.79 Å². The zero-order valence-corrected chi connectivity index (χ0v) is 12.1. The van der Waals surface area contributed by atoms with Crippen molar-refractivity contribution in [1.82, 2.24) is 10.7 Å². The van der Waals surface area contributed by atoms with Gasteiger partial charge in [0, 0.05) is 17.7 Å². The molecule has 24 heavy (non-hydrogen) atoms. The van der Waals surface area contributed by atoms with Gasteiger partial charge in [0.1, 0.15) is 5.75 Å². The number of phenols is 1. The van der Waals surface area contributed by atoms with E-state index in [-0.39, 0.29) is 29.3 Å². The van der Waals surface area contributed by atoms with E-state index in [1.807, 2.05) is 0 Å². The number of rotatable bonds is 6. The molecule has 10 nitrogen and oxygen atoms in total. The molecule has 3 N–H and O–H groups in total. The largest absolute Gasteiger partial charge is 0.507 e. The molecule has 0 saturated heterocycles. The summed E-state index contributed by atoms with van der Waals surface area (Å²) in [5, 5.41) is 26.1. The molecular formula is C14H12N4O6. The summed E-state index contributed by atoms with van der Waals surface area (Å²) < 4.78 is 4.85. The third-order valence-corrected chi connectivity index (χ3v) is 2.77. The third kappa shape index (κ3) is 4.40. The summed E-state index contributed by atoms with van der Waals surface area (Å²) in [5.74, 6) is -1.36. The number of hydrazone groups is 1. The van der Waals surface area contributed by atoms with Crippen molar-refractivity contribution >= 4 is 23.7 Å². The molecule has 2 aromatic rings. The number of benzene rings is 1. The van der Waals surface area contributed by atoms with E-state index in [4.69, 9.17) is 4.42 Å². The molecule has 0 bridgehead atoms. The van der Waals surface area contributed by atoms with Gasteiger partial charge < -0.3 is 14.8 Å². The van der Waals surface area contributed by atoms with Gasteiger partial charge >= 0.3 is 0 Å². The quantitative estimate of drug-likeness (QED) is 0.404. The fourth-order valence-corrected chi connectivity index (χ4v) is 1.63. The van der Waals surface area contributed by atoms with Crippen molar-refractivity contribution in [2.45, 2.75) is 0 Å². The Balaban J connectivity index is 1.87. The van der Waals surface area contributed by atoms with Crippen LogP contribution in [0.2, 0.25) is 0 Å². The number of amides is 2. The summed E-state index contributed by atoms with van der Waals surface area (Å²) in [6.45, 7) is -0.349. The highest BCUT2D eigenvalue weighted by Crippen LogP contribution is 2.21. The van der Waals surface area contributed by atoms with Crippen molar-refractivity contribution in [3.05, 3.63) is 58.0 Å². The smallest absolute Gasteiger partial charge is 0.287 e. The second-order valence-corrected chi connectivity index (χ2v) is 4.45. The van der Waals surface area contributed by atoms with Crippen LogP contribution in [0.5, 0.6) is 5.75 Å². The molecule has 124 valence electrons. The van der Waals surface area contributed by atoms with Crippen LogP contribution in [0, 0.1) is 10.1 Å². The maximum Gasteiger partial charge on any atom is 0.287 e. The van der Waals surface area contributed by atoms with Crippen LogP contribution >= 0.6 is 0 Å². The van der Waals surface area contributed by atoms with E-state index in [1.54, 1.807) is 0 Å². The first-order chi connectivity index (χ1) is 11.5. The van der Waals surface area contributed by atoms with Crippen molar-refractivity contribution < 1.29 is 24.0 Å². The Morgan fingerprint density at radius 3 is 2.83 bits per heavy atom. The van der Waals surface area contributed by atoms with Crippen molar-refractivity contribution in [2.24, 2.45) is 5.10 Å². The maximum absolute atomic E-state index is 11.5. The van der Waals surface area contributed by atoms with Gasteiger partial charge in [0.05, 0.1) is 23.9 Å². The molecule has 1 aromatic carbocycles. The normalized spacial score (nSPS) is 10.5. The lowest BCUT2D eigenvalue weighted by Crippen LogP contribution is -2.34. The van der Waals surface area contributed by atoms with Gasteiger partial charge in [-0.15, -0.1) is 0 Å². The number of hydrogen-bond donors (Lipinski definition) is 3. The summed E-state index contributed by atoms with van der Waals surface area (Å²) in [4.78, 5) is 33.1. The number of carbonyl (C=O) groups is 2. The fraction of sp³-hybridized carbons (Fsp3) is 0.0714. The molecule has 0 unspecified atom stereocenters. The highest BCUT2D eigenvalue weighted by atomic mass is 16.6. The van der Waals surface area contributed by atoms with Crippen LogP contribution < -0.4 is 10.7 Å². The Bertz CT molecular complexity index is 785. The predicted molar refractivity (Wildman–Crippen MR) is 81.5 cm³/mol. The molecule has 0 aliphatic rings. The summed E-state index contributed by atoms with van der Waals surface area (Å²) in [6.07, 6.45) is 2.37. The summed E-state index contributed by atoms with van der Waals surface area (Å²) in [6, 6.07) is 6.35. The molecule has 1 aromatic heterocycles. The van der Waals surface area contributed by atoms with Crippen LogP contribution in [0.3, 0.4) is 0 Å². The van der Waals surface area contributed by atoms with E-state index >= 15 is 0 Å². The molecule has 1 heterocycles. The van der Waals surface area contributed by atoms with E-state index in [2.05, 4.69) is 15.8 Å². The van der Waals surface area contributed by atoms with Gasteiger partial charge in [0.15, 0.2) is 5.76 Å². The molecule has 0 saturated carbocycles. The van der Waals surface area contributed by atoms with E-state index in [0.717, 1.165) is 24.4 Å². The number of furan rings is 1. The Labute approximate surface area is 134 Å². The first kappa shape index (κ1) is 16.7. The van der Waals surface area contributed by atoms with Crippen LogP contribution in [0.25, 0.3) is 0 Å². The minimum absolute atomic E-state index is 0.0594. The molecule has 2 amide bonds. The van der Waals surface area contributed by atoms with Gasteiger partial charge in [-0.25, -0.2) is 5.43 Å². The van der Waals surface area contributed by atoms with Crippen molar-refractivity contribution in [3.8, 4) is 5.75 Å². The van der Waals surface area contributed by atoms with Crippen molar-refractivity contribution in [2.75, 3.05) is 6.54 Å². The molecular weight excluding hydrogens is 320 g/mol. The lowest BCUT2D eigenvalue weighted by Gasteiger charge is -2.02. The number of hydrogen-bond acceptors (Lipinski definition) is 7. The van der Waals surface area contributed by atoms with Crippen LogP contribution in [0.1, 0.15) is 16.1 Å². The average molecular weight is 332 g/mol. The van der Waals surface area contributed by atoms with E-state index in [9.17, 15) is 24.8 Å². The summed E-state index contributed by atoms with van der Waals surface area (Å²) in [7, 11) is 0. The highest BCUT2D eigenvalue weighted by Gasteiger charge is 2.10. The minimum atomic E-state index is -0.629. The first-order valence-electron chi connectivity index (χ1n) is 6.58. The van der Waals surface area contributed by atoms with Crippen LogP contribution in [-0.4, -0.2) is 34.6 Å². The number of nitro groups is 1. The highest BCUT2D eigenvalue weighted by molar-refractivity contribution is 5.94. The number of carbonyl (C=O) groups excluding carboxylic acids is 2. The molecule has 0 aliphatic heterocycles. The lowest BCUT2D eigenvalue weighted by atomic mass is 10.2. The number of phenolic OH excluding ortho intramolecular Hbond substituents is 1. The van der Waals surface area contributed by atoms with Gasteiger partial charge in [-0.1, -0.05) is 0 Å². The van der Waals surface area contributed by atoms with E-state index in [1.165, 1.54) is 18.4 Å². The van der Waals surface area contributed by atoms with Crippen molar-refractivity contribution in [1.29, 1.82) is 0 Å². The van der Waals surface area contributed by atoms with Gasteiger partial charge in [-0.2, -0.15) is 5.10 Å². The van der Waals surface area contributed by atoms with Gasteiger partial charge in [-0.3, -0.25) is 19.7 Å². The number of nitrogens with one attached hydrogen (secondary N) is 2. The van der Waals surface area contributed by atoms with E-state index < -0.39 is 16.7 Å². The second-order valence-electron chi connectivity index (χ2n) is 4.45. The maximum atomic E-state index is 11.5. The number of nitrogens with zero attached hydrogens (tertiary/aromatic N) is 2. The van der Waals surface area contributed by atoms with Crippen LogP contribution in [0.4, 0.5) is 5.69 Å². The standard InChI is InChI=1S/C14H12N4O6/c19-11-4-3-10(18(22)23)6-9(11)7-16-17-13(20)8-15-14(21)12-2-1-5-24-12/h1-7,19H,8H2,(H,15,21)(H,17,20). The monoisotopic (exact) mass is 332 g/mol. The summed E-state index contributed by atoms with van der Waals surface area (Å²) in [5.41, 5.74) is 1.94. The molecule has 0 radical (unpaired) electrons. The average Bonchev–Trinajstić information content (AvgIpc) is 3.08. The molecule has 0 spiro atoms. The number of aromatic hydroxyl groups is 1. The Kier molecular flexibility index (Phi) is 5.24. The molecule has 10 heteroatoms. The van der Waals surface area contributed by atoms with Gasteiger partial charge in [0.25, 0.3) is 17.5 Å². The Hall–Kier alpha value is -3.69. The van der Waals surface area contributed by atoms with Crippen molar-refractivity contribution in [3.63, 3.8) is 0 Å². The molecule has 0 atom stereocenters. The third-order valence-electron chi connectivity index (χ3n) is 2.77.